The molecule has 0 heterocycles. The number of rotatable bonds is 8. The number of aliphatic hydroxyl groups is 1. The van der Waals surface area contributed by atoms with E-state index < -0.39 is 60.9 Å². The molecule has 1 unspecified atom stereocenters. The fourth-order valence-corrected chi connectivity index (χ4v) is 1.66. The smallest absolute Gasteiger partial charge is 0.308 e. The Morgan fingerprint density at radius 3 is 2.55 bits per heavy atom. The maximum Gasteiger partial charge on any atom is 0.308 e. The van der Waals surface area contributed by atoms with Crippen molar-refractivity contribution in [3.8, 4) is 5.75 Å². The number of halogens is 4. The highest BCUT2D eigenvalue weighted by Crippen LogP contribution is 2.28. The van der Waals surface area contributed by atoms with Gasteiger partial charge >= 0.3 is 5.97 Å². The minimum absolute atomic E-state index is 0.0965. The number of carbonyl (C=O) groups excluding carboxylic acids is 1. The maximum absolute atomic E-state index is 13.8. The van der Waals surface area contributed by atoms with E-state index in [4.69, 9.17) is 4.74 Å². The van der Waals surface area contributed by atoms with Gasteiger partial charge in [0.25, 0.3) is 0 Å². The van der Waals surface area contributed by atoms with Crippen LogP contribution in [0, 0.1) is 11.6 Å². The molecule has 1 atom stereocenters. The van der Waals surface area contributed by atoms with Gasteiger partial charge in [-0.1, -0.05) is 0 Å². The molecule has 0 spiro atoms. The second-order valence-electron chi connectivity index (χ2n) is 4.33. The van der Waals surface area contributed by atoms with E-state index in [2.05, 4.69) is 4.74 Å². The molecular formula is C14H16F4O4. The van der Waals surface area contributed by atoms with Crippen molar-refractivity contribution in [2.75, 3.05) is 13.2 Å². The third-order valence-electron chi connectivity index (χ3n) is 2.69. The molecule has 0 aliphatic heterocycles. The number of hydrogen-bond donors (Lipinski definition) is 1. The van der Waals surface area contributed by atoms with Crippen molar-refractivity contribution < 1.29 is 36.9 Å². The lowest BCUT2D eigenvalue weighted by atomic mass is 10.1. The van der Waals surface area contributed by atoms with Crippen LogP contribution in [-0.2, 0) is 9.53 Å². The SMILES string of the molecule is CCOC(=O)CC(O)c1ccc(OCCC(F)F)c(F)c1F. The second kappa shape index (κ2) is 8.57. The Kier molecular flexibility index (Phi) is 7.10. The molecule has 0 radical (unpaired) electrons. The van der Waals surface area contributed by atoms with Crippen molar-refractivity contribution in [3.05, 3.63) is 29.3 Å². The van der Waals surface area contributed by atoms with Crippen LogP contribution in [0.3, 0.4) is 0 Å². The van der Waals surface area contributed by atoms with Crippen LogP contribution < -0.4 is 4.74 Å². The first-order chi connectivity index (χ1) is 10.4. The van der Waals surface area contributed by atoms with E-state index in [0.29, 0.717) is 0 Å². The van der Waals surface area contributed by atoms with Crippen LogP contribution in [0.15, 0.2) is 12.1 Å². The average molecular weight is 324 g/mol. The Morgan fingerprint density at radius 2 is 1.95 bits per heavy atom. The Morgan fingerprint density at radius 1 is 1.27 bits per heavy atom. The van der Waals surface area contributed by atoms with Crippen molar-refractivity contribution in [1.29, 1.82) is 0 Å². The van der Waals surface area contributed by atoms with Crippen LogP contribution >= 0.6 is 0 Å². The third kappa shape index (κ3) is 5.18. The Balaban J connectivity index is 2.78. The largest absolute Gasteiger partial charge is 0.490 e. The van der Waals surface area contributed by atoms with Crippen molar-refractivity contribution in [1.82, 2.24) is 0 Å². The van der Waals surface area contributed by atoms with Crippen LogP contribution in [0.25, 0.3) is 0 Å². The lowest BCUT2D eigenvalue weighted by Crippen LogP contribution is -2.12. The molecule has 0 fully saturated rings. The van der Waals surface area contributed by atoms with Crippen molar-refractivity contribution in [2.24, 2.45) is 0 Å². The Labute approximate surface area is 124 Å². The van der Waals surface area contributed by atoms with Gasteiger partial charge in [0.2, 0.25) is 12.2 Å². The summed E-state index contributed by atoms with van der Waals surface area (Å²) in [4.78, 5) is 11.2. The number of benzene rings is 1. The fraction of sp³-hybridized carbons (Fsp3) is 0.500. The molecule has 0 aliphatic carbocycles. The zero-order valence-electron chi connectivity index (χ0n) is 11.8. The number of carbonyl (C=O) groups is 1. The number of ether oxygens (including phenoxy) is 2. The molecule has 0 saturated carbocycles. The van der Waals surface area contributed by atoms with Crippen LogP contribution in [0.1, 0.15) is 31.4 Å². The van der Waals surface area contributed by atoms with E-state index in [1.54, 1.807) is 6.92 Å². The Hall–Kier alpha value is -1.83. The van der Waals surface area contributed by atoms with E-state index in [1.165, 1.54) is 0 Å². The summed E-state index contributed by atoms with van der Waals surface area (Å²) in [5.74, 6) is -4.10. The highest BCUT2D eigenvalue weighted by Gasteiger charge is 2.22. The van der Waals surface area contributed by atoms with Gasteiger partial charge in [-0.2, -0.15) is 4.39 Å². The molecule has 4 nitrogen and oxygen atoms in total. The van der Waals surface area contributed by atoms with Gasteiger partial charge in [0.1, 0.15) is 0 Å². The minimum atomic E-state index is -2.61. The first-order valence-electron chi connectivity index (χ1n) is 6.59. The first kappa shape index (κ1) is 18.2. The minimum Gasteiger partial charge on any atom is -0.490 e. The Bertz CT molecular complexity index is 508. The normalized spacial score (nSPS) is 12.3. The number of esters is 1. The predicted molar refractivity (Wildman–Crippen MR) is 68.7 cm³/mol. The lowest BCUT2D eigenvalue weighted by Gasteiger charge is -2.14. The molecule has 1 aromatic carbocycles. The van der Waals surface area contributed by atoms with E-state index >= 15 is 0 Å². The molecule has 1 rings (SSSR count). The van der Waals surface area contributed by atoms with Gasteiger partial charge in [-0.3, -0.25) is 4.79 Å². The molecule has 0 bridgehead atoms. The van der Waals surface area contributed by atoms with Crippen LogP contribution in [-0.4, -0.2) is 30.7 Å². The molecule has 0 saturated heterocycles. The summed E-state index contributed by atoms with van der Waals surface area (Å²) in [6.45, 7) is 1.19. The molecule has 22 heavy (non-hydrogen) atoms. The van der Waals surface area contributed by atoms with Crippen molar-refractivity contribution in [3.63, 3.8) is 0 Å². The predicted octanol–water partition coefficient (Wildman–Crippen LogP) is 2.99. The van der Waals surface area contributed by atoms with Gasteiger partial charge in [0, 0.05) is 12.0 Å². The summed E-state index contributed by atoms with van der Waals surface area (Å²) >= 11 is 0. The van der Waals surface area contributed by atoms with Gasteiger partial charge in [-0.05, 0) is 19.1 Å². The fourth-order valence-electron chi connectivity index (χ4n) is 1.66. The second-order valence-corrected chi connectivity index (χ2v) is 4.33. The summed E-state index contributed by atoms with van der Waals surface area (Å²) < 4.78 is 60.7. The summed E-state index contributed by atoms with van der Waals surface area (Å²) in [6, 6.07) is 2.04. The molecule has 1 aromatic rings. The molecular weight excluding hydrogens is 308 g/mol. The highest BCUT2D eigenvalue weighted by atomic mass is 19.3. The standard InChI is InChI=1S/C14H16F4O4/c1-2-21-12(20)7-9(19)8-3-4-10(14(18)13(8)17)22-6-5-11(15)16/h3-4,9,11,19H,2,5-7H2,1H3. The van der Waals surface area contributed by atoms with Gasteiger partial charge < -0.3 is 14.6 Å². The van der Waals surface area contributed by atoms with Crippen molar-refractivity contribution in [2.45, 2.75) is 32.3 Å². The first-order valence-corrected chi connectivity index (χ1v) is 6.59. The maximum atomic E-state index is 13.8. The lowest BCUT2D eigenvalue weighted by molar-refractivity contribution is -0.145. The molecule has 8 heteroatoms. The summed E-state index contributed by atoms with van der Waals surface area (Å²) in [6.07, 6.45) is -5.34. The average Bonchev–Trinajstić information content (AvgIpc) is 2.43. The van der Waals surface area contributed by atoms with E-state index in [1.807, 2.05) is 0 Å². The number of alkyl halides is 2. The van der Waals surface area contributed by atoms with Gasteiger partial charge in [0.05, 0.1) is 25.7 Å². The number of aliphatic hydroxyl groups excluding tert-OH is 1. The van der Waals surface area contributed by atoms with Gasteiger partial charge in [-0.25, -0.2) is 13.2 Å². The topological polar surface area (TPSA) is 55.8 Å². The molecule has 0 aliphatic rings. The van der Waals surface area contributed by atoms with Gasteiger partial charge in [-0.15, -0.1) is 0 Å². The number of hydrogen-bond acceptors (Lipinski definition) is 4. The quantitative estimate of drug-likeness (QED) is 0.590. The molecule has 1 N–H and O–H groups in total. The van der Waals surface area contributed by atoms with E-state index in [-0.39, 0.29) is 6.61 Å². The molecule has 124 valence electrons. The monoisotopic (exact) mass is 324 g/mol. The van der Waals surface area contributed by atoms with Crippen LogP contribution in [0.2, 0.25) is 0 Å². The molecule has 0 amide bonds. The van der Waals surface area contributed by atoms with Crippen LogP contribution in [0.5, 0.6) is 5.75 Å². The molecule has 0 aromatic heterocycles. The zero-order chi connectivity index (χ0) is 16.7. The van der Waals surface area contributed by atoms with Gasteiger partial charge in [0.15, 0.2) is 11.6 Å². The summed E-state index contributed by atoms with van der Waals surface area (Å²) in [7, 11) is 0. The summed E-state index contributed by atoms with van der Waals surface area (Å²) in [5.41, 5.74) is -0.438. The van der Waals surface area contributed by atoms with Crippen LogP contribution in [0.4, 0.5) is 17.6 Å². The third-order valence-corrected chi connectivity index (χ3v) is 2.69. The van der Waals surface area contributed by atoms with E-state index in [9.17, 15) is 27.5 Å². The zero-order valence-corrected chi connectivity index (χ0v) is 11.8. The summed E-state index contributed by atoms with van der Waals surface area (Å²) in [5, 5.41) is 9.72. The highest BCUT2D eigenvalue weighted by molar-refractivity contribution is 5.70. The van der Waals surface area contributed by atoms with Crippen molar-refractivity contribution >= 4 is 5.97 Å². The van der Waals surface area contributed by atoms with E-state index in [0.717, 1.165) is 12.1 Å².